The highest BCUT2D eigenvalue weighted by atomic mass is 32.2. The Morgan fingerprint density at radius 3 is 2.62 bits per heavy atom. The lowest BCUT2D eigenvalue weighted by Gasteiger charge is -2.32. The minimum absolute atomic E-state index is 0.117. The second-order valence-electron chi connectivity index (χ2n) is 7.56. The van der Waals surface area contributed by atoms with Crippen LogP contribution < -0.4 is 4.72 Å². The lowest BCUT2D eigenvalue weighted by Crippen LogP contribution is -2.41. The first-order chi connectivity index (χ1) is 13.9. The molecule has 1 atom stereocenters. The van der Waals surface area contributed by atoms with E-state index >= 15 is 0 Å². The normalized spacial score (nSPS) is 21.1. The molecule has 8 heteroatoms. The van der Waals surface area contributed by atoms with Crippen LogP contribution in [0.1, 0.15) is 51.0 Å². The number of nitrogens with one attached hydrogen (secondary N) is 1. The molecule has 1 spiro atoms. The van der Waals surface area contributed by atoms with Gasteiger partial charge in [0.2, 0.25) is 10.0 Å². The molecule has 1 aromatic carbocycles. The second kappa shape index (κ2) is 9.28. The molecule has 3 rings (SSSR count). The number of aryl methyl sites for hydroxylation is 1. The third kappa shape index (κ3) is 5.18. The van der Waals surface area contributed by atoms with Crippen LogP contribution in [-0.2, 0) is 30.7 Å². The quantitative estimate of drug-likeness (QED) is 0.590. The van der Waals surface area contributed by atoms with Crippen molar-refractivity contribution in [3.8, 4) is 0 Å². The summed E-state index contributed by atoms with van der Waals surface area (Å²) in [4.78, 5) is 11.8. The van der Waals surface area contributed by atoms with Crippen molar-refractivity contribution in [2.24, 2.45) is 0 Å². The van der Waals surface area contributed by atoms with Gasteiger partial charge in [0.25, 0.3) is 0 Å². The summed E-state index contributed by atoms with van der Waals surface area (Å²) in [6.45, 7) is 2.88. The predicted molar refractivity (Wildman–Crippen MR) is 110 cm³/mol. The van der Waals surface area contributed by atoms with Crippen molar-refractivity contribution >= 4 is 21.7 Å². The summed E-state index contributed by atoms with van der Waals surface area (Å²) >= 11 is 0. The standard InChI is InChI=1S/C21H29NO6S/c1-2-3-4-5-8-16-9-6-7-10-18(16)22-29(25,26)19-11-12-21(27-13-14-28-21)15-17(19)20(23)24/h6-7,9-10,15,19,22H,2-5,8,11-14H2,1H3,(H,23,24). The summed E-state index contributed by atoms with van der Waals surface area (Å²) in [5, 5.41) is 8.47. The van der Waals surface area contributed by atoms with Crippen LogP contribution in [-0.4, -0.2) is 43.7 Å². The molecule has 2 N–H and O–H groups in total. The number of anilines is 1. The third-order valence-electron chi connectivity index (χ3n) is 5.44. The van der Waals surface area contributed by atoms with E-state index < -0.39 is 27.0 Å². The van der Waals surface area contributed by atoms with E-state index in [1.807, 2.05) is 12.1 Å². The van der Waals surface area contributed by atoms with E-state index in [0.29, 0.717) is 25.3 Å². The lowest BCUT2D eigenvalue weighted by molar-refractivity contribution is -0.138. The average molecular weight is 424 g/mol. The van der Waals surface area contributed by atoms with Gasteiger partial charge in [-0.05, 0) is 37.0 Å². The summed E-state index contributed by atoms with van der Waals surface area (Å²) < 4.78 is 40.0. The van der Waals surface area contributed by atoms with Crippen LogP contribution in [0.3, 0.4) is 0 Å². The van der Waals surface area contributed by atoms with Gasteiger partial charge in [0, 0.05) is 6.42 Å². The van der Waals surface area contributed by atoms with E-state index in [4.69, 9.17) is 9.47 Å². The van der Waals surface area contributed by atoms with E-state index in [2.05, 4.69) is 11.6 Å². The van der Waals surface area contributed by atoms with Crippen LogP contribution >= 0.6 is 0 Å². The molecule has 1 aromatic rings. The predicted octanol–water partition coefficient (Wildman–Crippen LogP) is 3.47. The number of carbonyl (C=O) groups is 1. The lowest BCUT2D eigenvalue weighted by atomic mass is 9.94. The molecular formula is C21H29NO6S. The summed E-state index contributed by atoms with van der Waals surface area (Å²) in [7, 11) is -3.94. The second-order valence-corrected chi connectivity index (χ2v) is 9.42. The van der Waals surface area contributed by atoms with Gasteiger partial charge >= 0.3 is 5.97 Å². The molecular weight excluding hydrogens is 394 g/mol. The van der Waals surface area contributed by atoms with E-state index in [1.54, 1.807) is 12.1 Å². The van der Waals surface area contributed by atoms with Crippen LogP contribution in [0.25, 0.3) is 0 Å². The highest BCUT2D eigenvalue weighted by molar-refractivity contribution is 7.93. The number of benzene rings is 1. The van der Waals surface area contributed by atoms with Gasteiger partial charge in [-0.3, -0.25) is 4.72 Å². The fourth-order valence-corrected chi connectivity index (χ4v) is 5.49. The van der Waals surface area contributed by atoms with Crippen LogP contribution in [0.15, 0.2) is 35.9 Å². The monoisotopic (exact) mass is 423 g/mol. The van der Waals surface area contributed by atoms with Gasteiger partial charge in [-0.1, -0.05) is 44.4 Å². The number of para-hydroxylation sites is 1. The molecule has 160 valence electrons. The number of aliphatic carboxylic acids is 1. The number of hydrogen-bond acceptors (Lipinski definition) is 5. The molecule has 1 fully saturated rings. The summed E-state index contributed by atoms with van der Waals surface area (Å²) in [6.07, 6.45) is 6.87. The molecule has 1 unspecified atom stereocenters. The zero-order chi connectivity index (χ0) is 20.9. The topological polar surface area (TPSA) is 102 Å². The molecule has 2 aliphatic rings. The highest BCUT2D eigenvalue weighted by Crippen LogP contribution is 2.37. The average Bonchev–Trinajstić information content (AvgIpc) is 3.13. The molecule has 29 heavy (non-hydrogen) atoms. The first kappa shape index (κ1) is 21.8. The molecule has 0 bridgehead atoms. The Kier molecular flexibility index (Phi) is 6.97. The van der Waals surface area contributed by atoms with E-state index in [1.165, 1.54) is 6.08 Å². The number of ether oxygens (including phenoxy) is 2. The van der Waals surface area contributed by atoms with Crippen molar-refractivity contribution in [3.63, 3.8) is 0 Å². The van der Waals surface area contributed by atoms with Crippen LogP contribution in [0, 0.1) is 0 Å². The largest absolute Gasteiger partial charge is 0.478 e. The smallest absolute Gasteiger partial charge is 0.332 e. The van der Waals surface area contributed by atoms with E-state index in [0.717, 1.165) is 37.7 Å². The van der Waals surface area contributed by atoms with Gasteiger partial charge in [0.1, 0.15) is 5.25 Å². The Morgan fingerprint density at radius 1 is 1.21 bits per heavy atom. The number of carboxylic acid groups (broad SMARTS) is 1. The minimum Gasteiger partial charge on any atom is -0.478 e. The zero-order valence-corrected chi connectivity index (χ0v) is 17.5. The molecule has 7 nitrogen and oxygen atoms in total. The Bertz CT molecular complexity index is 858. The first-order valence-corrected chi connectivity index (χ1v) is 11.7. The van der Waals surface area contributed by atoms with Crippen molar-refractivity contribution < 1.29 is 27.8 Å². The van der Waals surface area contributed by atoms with Crippen molar-refractivity contribution in [2.45, 2.75) is 62.9 Å². The van der Waals surface area contributed by atoms with Crippen molar-refractivity contribution in [3.05, 3.63) is 41.5 Å². The number of sulfonamides is 1. The summed E-state index contributed by atoms with van der Waals surface area (Å²) in [6, 6.07) is 7.30. The molecule has 1 saturated heterocycles. The van der Waals surface area contributed by atoms with Gasteiger partial charge in [0.15, 0.2) is 5.79 Å². The summed E-state index contributed by atoms with van der Waals surface area (Å²) in [5.74, 6) is -2.39. The number of hydrogen-bond donors (Lipinski definition) is 2. The number of rotatable bonds is 9. The maximum Gasteiger partial charge on any atom is 0.332 e. The van der Waals surface area contributed by atoms with Gasteiger partial charge in [-0.2, -0.15) is 0 Å². The fraction of sp³-hybridized carbons (Fsp3) is 0.571. The Balaban J connectivity index is 1.80. The fourth-order valence-electron chi connectivity index (χ4n) is 3.91. The van der Waals surface area contributed by atoms with Crippen molar-refractivity contribution in [1.29, 1.82) is 0 Å². The van der Waals surface area contributed by atoms with Gasteiger partial charge in [0.05, 0.1) is 24.5 Å². The van der Waals surface area contributed by atoms with Crippen LogP contribution in [0.4, 0.5) is 5.69 Å². The maximum absolute atomic E-state index is 13.1. The molecule has 1 aliphatic carbocycles. The van der Waals surface area contributed by atoms with Crippen LogP contribution in [0.5, 0.6) is 0 Å². The number of carboxylic acids is 1. The molecule has 0 aromatic heterocycles. The Labute approximate surface area is 172 Å². The zero-order valence-electron chi connectivity index (χ0n) is 16.7. The number of unbranched alkanes of at least 4 members (excludes halogenated alkanes) is 3. The third-order valence-corrected chi connectivity index (χ3v) is 7.19. The highest BCUT2D eigenvalue weighted by Gasteiger charge is 2.45. The van der Waals surface area contributed by atoms with E-state index in [-0.39, 0.29) is 12.0 Å². The van der Waals surface area contributed by atoms with Gasteiger partial charge in [-0.15, -0.1) is 0 Å². The Morgan fingerprint density at radius 2 is 1.93 bits per heavy atom. The Hall–Kier alpha value is -1.90. The van der Waals surface area contributed by atoms with Gasteiger partial charge in [-0.25, -0.2) is 13.2 Å². The first-order valence-electron chi connectivity index (χ1n) is 10.2. The van der Waals surface area contributed by atoms with E-state index in [9.17, 15) is 18.3 Å². The molecule has 0 radical (unpaired) electrons. The SMILES string of the molecule is CCCCCCc1ccccc1NS(=O)(=O)C1CCC2(C=C1C(=O)O)OCCO2. The molecule has 0 saturated carbocycles. The molecule has 1 aliphatic heterocycles. The maximum atomic E-state index is 13.1. The van der Waals surface area contributed by atoms with Crippen LogP contribution in [0.2, 0.25) is 0 Å². The van der Waals surface area contributed by atoms with Crippen molar-refractivity contribution in [2.75, 3.05) is 17.9 Å². The molecule has 0 amide bonds. The van der Waals surface area contributed by atoms with Gasteiger partial charge < -0.3 is 14.6 Å². The summed E-state index contributed by atoms with van der Waals surface area (Å²) in [5.41, 5.74) is 1.23. The minimum atomic E-state index is -3.94. The molecule has 1 heterocycles. The van der Waals surface area contributed by atoms with Crippen molar-refractivity contribution in [1.82, 2.24) is 0 Å².